The highest BCUT2D eigenvalue weighted by Crippen LogP contribution is 2.41. The van der Waals surface area contributed by atoms with Crippen LogP contribution in [0.5, 0.6) is 0 Å². The Hall–Kier alpha value is -7.38. The van der Waals surface area contributed by atoms with Crippen molar-refractivity contribution >= 4 is 54.9 Å². The molecule has 0 saturated heterocycles. The van der Waals surface area contributed by atoms with E-state index in [0.29, 0.717) is 17.5 Å². The molecule has 4 aromatic heterocycles. The fraction of sp³-hybridized carbons (Fsp3) is 0.0213. The average Bonchev–Trinajstić information content (AvgIpc) is 3.92. The van der Waals surface area contributed by atoms with Gasteiger partial charge in [0.1, 0.15) is 28.2 Å². The van der Waals surface area contributed by atoms with Crippen LogP contribution in [-0.4, -0.2) is 24.5 Å². The molecule has 11 aromatic rings. The number of hydrogen-bond donors (Lipinski definition) is 0. The van der Waals surface area contributed by atoms with Gasteiger partial charge in [0.05, 0.1) is 16.6 Å². The van der Waals surface area contributed by atoms with Crippen LogP contribution in [0, 0.1) is 6.92 Å². The second kappa shape index (κ2) is 11.8. The van der Waals surface area contributed by atoms with E-state index in [0.717, 1.165) is 94.2 Å². The van der Waals surface area contributed by atoms with Crippen molar-refractivity contribution in [3.05, 3.63) is 163 Å². The summed E-state index contributed by atoms with van der Waals surface area (Å²) in [4.78, 5) is 20.5. The molecule has 0 aliphatic carbocycles. The Morgan fingerprint density at radius 1 is 0.463 bits per heavy atom. The van der Waals surface area contributed by atoms with Crippen LogP contribution in [0.2, 0.25) is 0 Å². The zero-order valence-corrected chi connectivity index (χ0v) is 29.1. The number of imidazole rings is 1. The van der Waals surface area contributed by atoms with Crippen molar-refractivity contribution in [3.63, 3.8) is 0 Å². The van der Waals surface area contributed by atoms with Crippen molar-refractivity contribution < 1.29 is 8.83 Å². The Bertz CT molecular complexity index is 3230. The normalized spacial score (nSPS) is 11.8. The molecule has 7 heteroatoms. The van der Waals surface area contributed by atoms with E-state index < -0.39 is 0 Å². The number of nitrogens with zero attached hydrogens (tertiary/aromatic N) is 5. The third kappa shape index (κ3) is 4.76. The predicted molar refractivity (Wildman–Crippen MR) is 215 cm³/mol. The van der Waals surface area contributed by atoms with Gasteiger partial charge in [0.15, 0.2) is 17.5 Å². The van der Waals surface area contributed by atoms with Gasteiger partial charge in [0.25, 0.3) is 0 Å². The summed E-state index contributed by atoms with van der Waals surface area (Å²) in [6.07, 6.45) is 0. The Morgan fingerprint density at radius 3 is 2.07 bits per heavy atom. The summed E-state index contributed by atoms with van der Waals surface area (Å²) >= 11 is 0. The Kier molecular flexibility index (Phi) is 6.63. The van der Waals surface area contributed by atoms with E-state index in [4.69, 9.17) is 28.8 Å². The van der Waals surface area contributed by atoms with Gasteiger partial charge in [-0.1, -0.05) is 97.1 Å². The van der Waals surface area contributed by atoms with Gasteiger partial charge in [-0.05, 0) is 73.2 Å². The third-order valence-corrected chi connectivity index (χ3v) is 10.1. The van der Waals surface area contributed by atoms with E-state index in [-0.39, 0.29) is 0 Å². The van der Waals surface area contributed by atoms with Gasteiger partial charge in [-0.2, -0.15) is 0 Å². The monoisotopic (exact) mass is 695 g/mol. The topological polar surface area (TPSA) is 82.8 Å². The molecule has 0 spiro atoms. The molecule has 11 rings (SSSR count). The molecule has 0 unspecified atom stereocenters. The maximum absolute atomic E-state index is 6.77. The van der Waals surface area contributed by atoms with Crippen LogP contribution < -0.4 is 0 Å². The number of hydrogen-bond acceptors (Lipinski definition) is 6. The molecule has 0 atom stereocenters. The lowest BCUT2D eigenvalue weighted by molar-refractivity contribution is 0.668. The van der Waals surface area contributed by atoms with Crippen LogP contribution in [-0.2, 0) is 0 Å². The fourth-order valence-electron chi connectivity index (χ4n) is 7.62. The molecule has 0 saturated carbocycles. The van der Waals surface area contributed by atoms with Crippen LogP contribution >= 0.6 is 0 Å². The molecule has 254 valence electrons. The standard InChI is InChI=1S/C47H29N5O2/c1-28-22-24-32-36-27-30(23-25-39(36)53-41(32)26-28)45-49-44(29-12-4-2-5-13-29)50-46(51-45)34-17-11-21-40-42(34)33-16-10-18-35(43(33)54-40)47-48-37-19-8-9-20-38(37)52(47)31-14-6-3-7-15-31/h2-27H,1H3. The van der Waals surface area contributed by atoms with Crippen LogP contribution in [0.1, 0.15) is 5.56 Å². The fourth-order valence-corrected chi connectivity index (χ4v) is 7.62. The van der Waals surface area contributed by atoms with Gasteiger partial charge in [0, 0.05) is 43.9 Å². The highest BCUT2D eigenvalue weighted by Gasteiger charge is 2.23. The summed E-state index contributed by atoms with van der Waals surface area (Å²) in [6.45, 7) is 2.07. The molecule has 0 bridgehead atoms. The smallest absolute Gasteiger partial charge is 0.164 e. The first-order chi connectivity index (χ1) is 26.7. The van der Waals surface area contributed by atoms with E-state index in [1.807, 2.05) is 91.0 Å². The van der Waals surface area contributed by atoms with Crippen molar-refractivity contribution in [1.29, 1.82) is 0 Å². The van der Waals surface area contributed by atoms with Crippen molar-refractivity contribution in [2.45, 2.75) is 6.92 Å². The Morgan fingerprint density at radius 2 is 1.20 bits per heavy atom. The van der Waals surface area contributed by atoms with E-state index >= 15 is 0 Å². The van der Waals surface area contributed by atoms with Crippen molar-refractivity contribution in [2.75, 3.05) is 0 Å². The van der Waals surface area contributed by atoms with Gasteiger partial charge >= 0.3 is 0 Å². The Balaban J connectivity index is 1.14. The molecule has 0 N–H and O–H groups in total. The van der Waals surface area contributed by atoms with Crippen molar-refractivity contribution in [3.8, 4) is 51.2 Å². The lowest BCUT2D eigenvalue weighted by Crippen LogP contribution is -2.00. The highest BCUT2D eigenvalue weighted by atomic mass is 16.3. The van der Waals surface area contributed by atoms with Gasteiger partial charge in [-0.25, -0.2) is 19.9 Å². The number of aryl methyl sites for hydroxylation is 1. The second-order valence-corrected chi connectivity index (χ2v) is 13.5. The summed E-state index contributed by atoms with van der Waals surface area (Å²) in [5.74, 6) is 2.52. The Labute approximate surface area is 308 Å². The summed E-state index contributed by atoms with van der Waals surface area (Å²) < 4.78 is 15.2. The van der Waals surface area contributed by atoms with Gasteiger partial charge < -0.3 is 8.83 Å². The molecular weight excluding hydrogens is 667 g/mol. The molecule has 0 aliphatic heterocycles. The second-order valence-electron chi connectivity index (χ2n) is 13.5. The van der Waals surface area contributed by atoms with Crippen LogP contribution in [0.25, 0.3) is 106 Å². The molecule has 7 aromatic carbocycles. The predicted octanol–water partition coefficient (Wildman–Crippen LogP) is 12.0. The molecule has 54 heavy (non-hydrogen) atoms. The molecule has 7 nitrogen and oxygen atoms in total. The van der Waals surface area contributed by atoms with E-state index in [1.54, 1.807) is 0 Å². The minimum absolute atomic E-state index is 0.557. The summed E-state index contributed by atoms with van der Waals surface area (Å²) in [5.41, 5.74) is 10.8. The van der Waals surface area contributed by atoms with Gasteiger partial charge in [-0.15, -0.1) is 0 Å². The minimum atomic E-state index is 0.557. The summed E-state index contributed by atoms with van der Waals surface area (Å²) in [5, 5.41) is 3.96. The molecule has 0 fully saturated rings. The average molecular weight is 696 g/mol. The van der Waals surface area contributed by atoms with Crippen LogP contribution in [0.4, 0.5) is 0 Å². The zero-order valence-electron chi connectivity index (χ0n) is 29.1. The first kappa shape index (κ1) is 30.3. The van der Waals surface area contributed by atoms with Gasteiger partial charge in [0.2, 0.25) is 0 Å². The number of aromatic nitrogens is 5. The van der Waals surface area contributed by atoms with E-state index in [1.165, 1.54) is 0 Å². The minimum Gasteiger partial charge on any atom is -0.456 e. The van der Waals surface area contributed by atoms with Crippen LogP contribution in [0.15, 0.2) is 167 Å². The number of furan rings is 2. The number of rotatable bonds is 5. The number of fused-ring (bicyclic) bond motifs is 7. The molecular formula is C47H29N5O2. The third-order valence-electron chi connectivity index (χ3n) is 10.1. The first-order valence-electron chi connectivity index (χ1n) is 17.9. The molecule has 0 amide bonds. The number of para-hydroxylation sites is 4. The van der Waals surface area contributed by atoms with Crippen molar-refractivity contribution in [1.82, 2.24) is 24.5 Å². The van der Waals surface area contributed by atoms with Crippen LogP contribution in [0.3, 0.4) is 0 Å². The SMILES string of the molecule is Cc1ccc2c(c1)oc1ccc(-c3nc(-c4ccccc4)nc(-c4cccc5oc6c(-c7nc8ccccc8n7-c7ccccc7)cccc6c45)n3)cc12. The van der Waals surface area contributed by atoms with E-state index in [9.17, 15) is 0 Å². The van der Waals surface area contributed by atoms with Crippen molar-refractivity contribution in [2.24, 2.45) is 0 Å². The lowest BCUT2D eigenvalue weighted by Gasteiger charge is -2.10. The lowest BCUT2D eigenvalue weighted by atomic mass is 10.0. The zero-order chi connectivity index (χ0) is 35.8. The summed E-state index contributed by atoms with van der Waals surface area (Å²) in [6, 6.07) is 53.3. The highest BCUT2D eigenvalue weighted by molar-refractivity contribution is 6.15. The maximum Gasteiger partial charge on any atom is 0.164 e. The first-order valence-corrected chi connectivity index (χ1v) is 17.9. The number of benzene rings is 7. The largest absolute Gasteiger partial charge is 0.456 e. The summed E-state index contributed by atoms with van der Waals surface area (Å²) in [7, 11) is 0. The van der Waals surface area contributed by atoms with E-state index in [2.05, 4.69) is 78.2 Å². The maximum atomic E-state index is 6.77. The molecule has 0 aliphatic rings. The molecule has 0 radical (unpaired) electrons. The van der Waals surface area contributed by atoms with Gasteiger partial charge in [-0.3, -0.25) is 4.57 Å². The quantitative estimate of drug-likeness (QED) is 0.178. The molecule has 4 heterocycles.